The van der Waals surface area contributed by atoms with Crippen LogP contribution in [0.2, 0.25) is 0 Å². The first-order chi connectivity index (χ1) is 3.96. The van der Waals surface area contributed by atoms with Crippen LogP contribution in [0, 0.1) is 0 Å². The molecule has 0 aromatic carbocycles. The zero-order valence-corrected chi connectivity index (χ0v) is 6.46. The third kappa shape index (κ3) is 0.966. The maximum Gasteiger partial charge on any atom is 0.169 e. The van der Waals surface area contributed by atoms with Crippen molar-refractivity contribution in [3.05, 3.63) is 0 Å². The fourth-order valence-electron chi connectivity index (χ4n) is 0.852. The van der Waals surface area contributed by atoms with Crippen LogP contribution in [0.1, 0.15) is 13.8 Å². The van der Waals surface area contributed by atoms with Gasteiger partial charge in [-0.05, 0) is 13.8 Å². The average Bonchev–Trinajstić information content (AvgIpc) is 1.81. The number of rotatable bonds is 0. The molecule has 1 fully saturated rings. The minimum absolute atomic E-state index is 0.278. The van der Waals surface area contributed by atoms with Gasteiger partial charge in [0.2, 0.25) is 0 Å². The van der Waals surface area contributed by atoms with E-state index in [0.29, 0.717) is 6.54 Å². The van der Waals surface area contributed by atoms with Crippen molar-refractivity contribution in [2.45, 2.75) is 18.7 Å². The van der Waals surface area contributed by atoms with E-state index in [1.807, 2.05) is 0 Å². The second-order valence-electron chi connectivity index (χ2n) is 2.76. The number of hydrogen-bond donors (Lipinski definition) is 1. The van der Waals surface area contributed by atoms with E-state index in [2.05, 4.69) is 5.32 Å². The van der Waals surface area contributed by atoms with Crippen LogP contribution in [-0.4, -0.2) is 25.6 Å². The lowest BCUT2D eigenvalue weighted by atomic mass is 10.4. The highest BCUT2D eigenvalue weighted by Crippen LogP contribution is 2.17. The highest BCUT2D eigenvalue weighted by Gasteiger charge is 2.38. The Labute approximate surface area is 55.4 Å². The first-order valence-corrected chi connectivity index (χ1v) is 4.58. The summed E-state index contributed by atoms with van der Waals surface area (Å²) in [6.45, 7) is 3.97. The Morgan fingerprint density at radius 2 is 2.00 bits per heavy atom. The average molecular weight is 149 g/mol. The van der Waals surface area contributed by atoms with Crippen LogP contribution in [0.5, 0.6) is 0 Å². The monoisotopic (exact) mass is 149 g/mol. The van der Waals surface area contributed by atoms with Crippen molar-refractivity contribution in [1.82, 2.24) is 5.32 Å². The van der Waals surface area contributed by atoms with E-state index in [0.717, 1.165) is 0 Å². The van der Waals surface area contributed by atoms with Crippen molar-refractivity contribution < 1.29 is 8.42 Å². The Hall–Kier alpha value is -0.0900. The van der Waals surface area contributed by atoms with Crippen LogP contribution in [-0.2, 0) is 9.84 Å². The molecule has 54 valence electrons. The molecular weight excluding hydrogens is 138 g/mol. The Morgan fingerprint density at radius 3 is 2.11 bits per heavy atom. The molecular formula is C5H11NO2S. The molecule has 0 aromatic rings. The lowest BCUT2D eigenvalue weighted by Gasteiger charge is -2.15. The summed E-state index contributed by atoms with van der Waals surface area (Å²) in [6, 6.07) is 0. The molecule has 1 heterocycles. The summed E-state index contributed by atoms with van der Waals surface area (Å²) in [5, 5.41) is 2.90. The van der Waals surface area contributed by atoms with Gasteiger partial charge in [-0.2, -0.15) is 0 Å². The van der Waals surface area contributed by atoms with E-state index < -0.39 is 14.7 Å². The van der Waals surface area contributed by atoms with Gasteiger partial charge in [-0.25, -0.2) is 8.42 Å². The molecule has 0 unspecified atom stereocenters. The zero-order chi connectivity index (χ0) is 7.12. The third-order valence-electron chi connectivity index (χ3n) is 1.70. The molecule has 9 heavy (non-hydrogen) atoms. The molecule has 0 bridgehead atoms. The maximum atomic E-state index is 11.0. The molecule has 0 saturated carbocycles. The molecule has 1 rings (SSSR count). The van der Waals surface area contributed by atoms with Crippen molar-refractivity contribution >= 4 is 9.84 Å². The molecule has 3 nitrogen and oxygen atoms in total. The lowest BCUT2D eigenvalue weighted by Crippen LogP contribution is -2.38. The van der Waals surface area contributed by atoms with E-state index in [1.54, 1.807) is 13.8 Å². The molecule has 0 amide bonds. The summed E-state index contributed by atoms with van der Waals surface area (Å²) in [5.74, 6) is 0.278. The van der Waals surface area contributed by atoms with E-state index >= 15 is 0 Å². The summed E-state index contributed by atoms with van der Waals surface area (Å²) in [7, 11) is -2.84. The fraction of sp³-hybridized carbons (Fsp3) is 1.00. The van der Waals surface area contributed by atoms with E-state index in [1.165, 1.54) is 0 Å². The second kappa shape index (κ2) is 1.70. The number of sulfone groups is 1. The van der Waals surface area contributed by atoms with Gasteiger partial charge in [-0.3, -0.25) is 5.32 Å². The van der Waals surface area contributed by atoms with Crippen molar-refractivity contribution in [3.8, 4) is 0 Å². The Balaban J connectivity index is 3.03. The largest absolute Gasteiger partial charge is 0.298 e. The molecule has 0 spiro atoms. The van der Waals surface area contributed by atoms with Crippen molar-refractivity contribution in [3.63, 3.8) is 0 Å². The van der Waals surface area contributed by atoms with Gasteiger partial charge in [-0.15, -0.1) is 0 Å². The quantitative estimate of drug-likeness (QED) is 0.516. The van der Waals surface area contributed by atoms with Gasteiger partial charge < -0.3 is 0 Å². The smallest absolute Gasteiger partial charge is 0.169 e. The highest BCUT2D eigenvalue weighted by atomic mass is 32.2. The molecule has 4 heteroatoms. The second-order valence-corrected chi connectivity index (χ2v) is 5.41. The van der Waals surface area contributed by atoms with Crippen LogP contribution < -0.4 is 5.32 Å². The normalized spacial score (nSPS) is 30.4. The van der Waals surface area contributed by atoms with Crippen molar-refractivity contribution in [2.24, 2.45) is 0 Å². The van der Waals surface area contributed by atoms with Gasteiger partial charge in [0.1, 0.15) is 4.87 Å². The first kappa shape index (κ1) is 7.02. The van der Waals surface area contributed by atoms with Crippen LogP contribution >= 0.6 is 0 Å². The zero-order valence-electron chi connectivity index (χ0n) is 5.64. The Kier molecular flexibility index (Phi) is 1.33. The Morgan fingerprint density at radius 1 is 1.44 bits per heavy atom. The Bertz CT molecular complexity index is 205. The predicted molar refractivity (Wildman–Crippen MR) is 35.9 cm³/mol. The summed E-state index contributed by atoms with van der Waals surface area (Å²) < 4.78 is 22.0. The molecule has 0 atom stereocenters. The van der Waals surface area contributed by atoms with Gasteiger partial charge in [-0.1, -0.05) is 0 Å². The van der Waals surface area contributed by atoms with Crippen LogP contribution in [0.15, 0.2) is 0 Å². The van der Waals surface area contributed by atoms with Crippen LogP contribution in [0.3, 0.4) is 0 Å². The van der Waals surface area contributed by atoms with Gasteiger partial charge >= 0.3 is 0 Å². The van der Waals surface area contributed by atoms with Crippen LogP contribution in [0.4, 0.5) is 0 Å². The van der Waals surface area contributed by atoms with Crippen LogP contribution in [0.25, 0.3) is 0 Å². The summed E-state index contributed by atoms with van der Waals surface area (Å²) >= 11 is 0. The molecule has 1 aliphatic rings. The highest BCUT2D eigenvalue weighted by molar-refractivity contribution is 7.93. The molecule has 0 aliphatic carbocycles. The van der Waals surface area contributed by atoms with E-state index in [9.17, 15) is 8.42 Å². The molecule has 1 saturated heterocycles. The maximum absolute atomic E-state index is 11.0. The first-order valence-electron chi connectivity index (χ1n) is 2.93. The summed E-state index contributed by atoms with van der Waals surface area (Å²) in [4.78, 5) is -0.688. The van der Waals surface area contributed by atoms with Gasteiger partial charge in [0, 0.05) is 6.54 Å². The standard InChI is InChI=1S/C5H11NO2S/c1-5(2)6-3-4-9(5,7)8/h6H,3-4H2,1-2H3. The number of nitrogens with one attached hydrogen (secondary N) is 1. The number of hydrogen-bond acceptors (Lipinski definition) is 3. The SMILES string of the molecule is CC1(C)NCCS1(=O)=O. The summed E-state index contributed by atoms with van der Waals surface area (Å²) in [5.41, 5.74) is 0. The third-order valence-corrected chi connectivity index (χ3v) is 4.14. The van der Waals surface area contributed by atoms with E-state index in [-0.39, 0.29) is 5.75 Å². The summed E-state index contributed by atoms with van der Waals surface area (Å²) in [6.07, 6.45) is 0. The molecule has 1 aliphatic heterocycles. The van der Waals surface area contributed by atoms with Gasteiger partial charge in [0.25, 0.3) is 0 Å². The minimum Gasteiger partial charge on any atom is -0.298 e. The van der Waals surface area contributed by atoms with Gasteiger partial charge in [0.05, 0.1) is 5.75 Å². The van der Waals surface area contributed by atoms with Gasteiger partial charge in [0.15, 0.2) is 9.84 Å². The predicted octanol–water partition coefficient (Wildman–Crippen LogP) is -0.260. The topological polar surface area (TPSA) is 46.2 Å². The minimum atomic E-state index is -2.84. The molecule has 0 aromatic heterocycles. The fourth-order valence-corrected chi connectivity index (χ4v) is 2.05. The van der Waals surface area contributed by atoms with E-state index in [4.69, 9.17) is 0 Å². The molecule has 0 radical (unpaired) electrons. The van der Waals surface area contributed by atoms with Crippen molar-refractivity contribution in [2.75, 3.05) is 12.3 Å². The lowest BCUT2D eigenvalue weighted by molar-refractivity contribution is 0.529. The van der Waals surface area contributed by atoms with Crippen molar-refractivity contribution in [1.29, 1.82) is 0 Å². The molecule has 1 N–H and O–H groups in total.